The molecule has 0 unspecified atom stereocenters. The summed E-state index contributed by atoms with van der Waals surface area (Å²) in [7, 11) is 7.44. The Bertz CT molecular complexity index is 1400. The number of anilines is 3. The largest absolute Gasteiger partial charge is 0.416 e. The van der Waals surface area contributed by atoms with E-state index in [1.54, 1.807) is 40.0 Å². The van der Waals surface area contributed by atoms with E-state index >= 15 is 0 Å². The summed E-state index contributed by atoms with van der Waals surface area (Å²) in [5.74, 6) is -0.627. The van der Waals surface area contributed by atoms with Crippen LogP contribution >= 0.6 is 0 Å². The molecule has 0 aliphatic carbocycles. The molecule has 0 fully saturated rings. The monoisotopic (exact) mass is 542 g/mol. The normalized spacial score (nSPS) is 13.5. The zero-order valence-corrected chi connectivity index (χ0v) is 22.8. The molecule has 39 heavy (non-hydrogen) atoms. The van der Waals surface area contributed by atoms with Gasteiger partial charge in [0.15, 0.2) is 0 Å². The van der Waals surface area contributed by atoms with E-state index in [1.165, 1.54) is 6.07 Å². The van der Waals surface area contributed by atoms with Gasteiger partial charge < -0.3 is 20.5 Å². The standard InChI is InChI=1S/C27H33F3N8O/c1-17-7-9-20(14-25(17)38-16-23(33-34-38)22-15-31-37(6)18(22)2)32-26(39)21-13-19(27(28,29)30)8-10-24(21)36(5)12-11-35(3)4/h7-10,13-16,33-34H,11-12H2,1-6H3,(H,32,39). The molecule has 1 aliphatic heterocycles. The summed E-state index contributed by atoms with van der Waals surface area (Å²) in [5.41, 5.74) is 10.6. The first kappa shape index (κ1) is 28.0. The highest BCUT2D eigenvalue weighted by Crippen LogP contribution is 2.34. The summed E-state index contributed by atoms with van der Waals surface area (Å²) in [4.78, 5) is 17.1. The van der Waals surface area contributed by atoms with Gasteiger partial charge in [-0.05, 0) is 63.8 Å². The van der Waals surface area contributed by atoms with E-state index in [2.05, 4.69) is 21.4 Å². The average molecular weight is 543 g/mol. The molecule has 0 saturated heterocycles. The second kappa shape index (κ2) is 11.0. The van der Waals surface area contributed by atoms with Crippen molar-refractivity contribution in [3.8, 4) is 0 Å². The highest BCUT2D eigenvalue weighted by atomic mass is 19.4. The summed E-state index contributed by atoms with van der Waals surface area (Å²) in [6.07, 6.45) is -0.925. The van der Waals surface area contributed by atoms with Gasteiger partial charge in [-0.15, -0.1) is 5.53 Å². The second-order valence-corrected chi connectivity index (χ2v) is 9.83. The molecule has 0 bridgehead atoms. The summed E-state index contributed by atoms with van der Waals surface area (Å²) < 4.78 is 42.3. The Hall–Kier alpha value is -4.03. The van der Waals surface area contributed by atoms with Gasteiger partial charge in [-0.2, -0.15) is 18.3 Å². The Labute approximate surface area is 225 Å². The SMILES string of the molecule is Cc1ccc(NC(=O)c2cc(C(F)(F)F)ccc2N(C)CCN(C)C)cc1N1C=C(c2cnn(C)c2C)NN1. The molecule has 3 N–H and O–H groups in total. The van der Waals surface area contributed by atoms with Crippen LogP contribution in [0.2, 0.25) is 0 Å². The number of carbonyl (C=O) groups is 1. The van der Waals surface area contributed by atoms with Crippen LogP contribution in [0.3, 0.4) is 0 Å². The van der Waals surface area contributed by atoms with Gasteiger partial charge in [0.2, 0.25) is 0 Å². The van der Waals surface area contributed by atoms with Crippen molar-refractivity contribution >= 4 is 28.7 Å². The Morgan fingerprint density at radius 3 is 2.46 bits per heavy atom. The first-order valence-corrected chi connectivity index (χ1v) is 12.4. The maximum atomic E-state index is 13.5. The molecule has 2 aromatic carbocycles. The Morgan fingerprint density at radius 2 is 1.82 bits per heavy atom. The van der Waals surface area contributed by atoms with E-state index in [0.717, 1.165) is 40.3 Å². The minimum atomic E-state index is -4.57. The highest BCUT2D eigenvalue weighted by molar-refractivity contribution is 6.08. The van der Waals surface area contributed by atoms with Gasteiger partial charge >= 0.3 is 6.18 Å². The maximum Gasteiger partial charge on any atom is 0.416 e. The van der Waals surface area contributed by atoms with E-state index in [0.29, 0.717) is 24.5 Å². The molecule has 0 atom stereocenters. The number of rotatable bonds is 8. The third-order valence-electron chi connectivity index (χ3n) is 6.68. The Balaban J connectivity index is 1.61. The van der Waals surface area contributed by atoms with Gasteiger partial charge in [0.1, 0.15) is 0 Å². The molecule has 12 heteroatoms. The fourth-order valence-corrected chi connectivity index (χ4v) is 4.19. The van der Waals surface area contributed by atoms with Gasteiger partial charge in [-0.1, -0.05) is 6.07 Å². The number of carbonyl (C=O) groups excluding carboxylic acids is 1. The Kier molecular flexibility index (Phi) is 7.89. The average Bonchev–Trinajstić information content (AvgIpc) is 3.49. The summed E-state index contributed by atoms with van der Waals surface area (Å²) in [6.45, 7) is 5.10. The third kappa shape index (κ3) is 6.18. The lowest BCUT2D eigenvalue weighted by atomic mass is 10.1. The fourth-order valence-electron chi connectivity index (χ4n) is 4.19. The number of amides is 1. The number of nitrogens with one attached hydrogen (secondary N) is 3. The number of aryl methyl sites for hydroxylation is 2. The molecule has 2 heterocycles. The molecule has 1 aliphatic rings. The molecular weight excluding hydrogens is 509 g/mol. The van der Waals surface area contributed by atoms with Crippen molar-refractivity contribution in [3.63, 3.8) is 0 Å². The second-order valence-electron chi connectivity index (χ2n) is 9.83. The number of halogens is 3. The number of hydrogen-bond acceptors (Lipinski definition) is 7. The fraction of sp³-hybridized carbons (Fsp3) is 0.333. The zero-order valence-electron chi connectivity index (χ0n) is 22.8. The molecule has 3 aromatic rings. The lowest BCUT2D eigenvalue weighted by molar-refractivity contribution is -0.137. The molecule has 9 nitrogen and oxygen atoms in total. The first-order valence-electron chi connectivity index (χ1n) is 12.4. The molecule has 4 rings (SSSR count). The van der Waals surface area contributed by atoms with Crippen LogP contribution < -0.4 is 26.2 Å². The van der Waals surface area contributed by atoms with Crippen molar-refractivity contribution < 1.29 is 18.0 Å². The van der Waals surface area contributed by atoms with Crippen LogP contribution in [0.1, 0.15) is 32.7 Å². The number of hydrazine groups is 2. The summed E-state index contributed by atoms with van der Waals surface area (Å²) >= 11 is 0. The quantitative estimate of drug-likeness (QED) is 0.395. The van der Waals surface area contributed by atoms with Gasteiger partial charge in [0, 0.05) is 56.0 Å². The number of likely N-dealkylation sites (N-methyl/N-ethyl adjacent to an activating group) is 2. The maximum absolute atomic E-state index is 13.5. The number of nitrogens with zero attached hydrogens (tertiary/aromatic N) is 5. The number of hydrogen-bond donors (Lipinski definition) is 3. The molecule has 0 radical (unpaired) electrons. The van der Waals surface area contributed by atoms with Gasteiger partial charge in [-0.3, -0.25) is 14.5 Å². The van der Waals surface area contributed by atoms with Crippen molar-refractivity contribution in [3.05, 3.63) is 76.7 Å². The van der Waals surface area contributed by atoms with E-state index in [-0.39, 0.29) is 5.56 Å². The van der Waals surface area contributed by atoms with Crippen LogP contribution in [0.5, 0.6) is 0 Å². The van der Waals surface area contributed by atoms with Crippen molar-refractivity contribution in [2.75, 3.05) is 49.5 Å². The van der Waals surface area contributed by atoms with Crippen molar-refractivity contribution in [2.45, 2.75) is 20.0 Å². The minimum absolute atomic E-state index is 0.0524. The molecular formula is C27H33F3N8O. The van der Waals surface area contributed by atoms with Gasteiger partial charge in [-0.25, -0.2) is 0 Å². The van der Waals surface area contributed by atoms with Crippen molar-refractivity contribution in [1.29, 1.82) is 0 Å². The molecule has 1 amide bonds. The van der Waals surface area contributed by atoms with Gasteiger partial charge in [0.05, 0.1) is 28.7 Å². The number of alkyl halides is 3. The lowest BCUT2D eigenvalue weighted by Crippen LogP contribution is -2.36. The molecule has 0 saturated carbocycles. The van der Waals surface area contributed by atoms with Crippen LogP contribution in [-0.4, -0.2) is 54.8 Å². The first-order chi connectivity index (χ1) is 18.3. The molecule has 0 spiro atoms. The van der Waals surface area contributed by atoms with E-state index in [1.807, 2.05) is 52.2 Å². The predicted molar refractivity (Wildman–Crippen MR) is 147 cm³/mol. The number of aromatic nitrogens is 2. The molecule has 1 aromatic heterocycles. The van der Waals surface area contributed by atoms with E-state index < -0.39 is 17.6 Å². The van der Waals surface area contributed by atoms with Gasteiger partial charge in [0.25, 0.3) is 5.91 Å². The van der Waals surface area contributed by atoms with Crippen LogP contribution in [0, 0.1) is 13.8 Å². The van der Waals surface area contributed by atoms with E-state index in [9.17, 15) is 18.0 Å². The minimum Gasteiger partial charge on any atom is -0.373 e. The molecule has 208 valence electrons. The topological polar surface area (TPSA) is 80.7 Å². The van der Waals surface area contributed by atoms with Crippen LogP contribution in [0.4, 0.5) is 30.2 Å². The lowest BCUT2D eigenvalue weighted by Gasteiger charge is -2.25. The summed E-state index contributed by atoms with van der Waals surface area (Å²) in [5, 5.41) is 8.84. The smallest absolute Gasteiger partial charge is 0.373 e. The van der Waals surface area contributed by atoms with Crippen LogP contribution in [-0.2, 0) is 13.2 Å². The highest BCUT2D eigenvalue weighted by Gasteiger charge is 2.32. The predicted octanol–water partition coefficient (Wildman–Crippen LogP) is 4.13. The van der Waals surface area contributed by atoms with Crippen LogP contribution in [0.25, 0.3) is 5.70 Å². The van der Waals surface area contributed by atoms with E-state index in [4.69, 9.17) is 0 Å². The summed E-state index contributed by atoms with van der Waals surface area (Å²) in [6, 6.07) is 8.58. The van der Waals surface area contributed by atoms with Crippen LogP contribution in [0.15, 0.2) is 48.8 Å². The number of benzene rings is 2. The van der Waals surface area contributed by atoms with Crippen molar-refractivity contribution in [1.82, 2.24) is 25.6 Å². The third-order valence-corrected chi connectivity index (χ3v) is 6.68. The Morgan fingerprint density at radius 1 is 1.08 bits per heavy atom. The van der Waals surface area contributed by atoms with Crippen molar-refractivity contribution in [2.24, 2.45) is 7.05 Å². The zero-order chi connectivity index (χ0) is 28.5.